The molecule has 0 radical (unpaired) electrons. The van der Waals surface area contributed by atoms with E-state index in [0.717, 1.165) is 25.2 Å². The summed E-state index contributed by atoms with van der Waals surface area (Å²) in [5.41, 5.74) is 0. The van der Waals surface area contributed by atoms with Gasteiger partial charge >= 0.3 is 0 Å². The van der Waals surface area contributed by atoms with Crippen LogP contribution in [0.1, 0.15) is 12.8 Å². The molecular weight excluding hydrogens is 282 g/mol. The van der Waals surface area contributed by atoms with Crippen LogP contribution < -0.4 is 10.2 Å². The van der Waals surface area contributed by atoms with Crippen LogP contribution >= 0.6 is 0 Å². The summed E-state index contributed by atoms with van der Waals surface area (Å²) in [6.07, 6.45) is 8.21. The van der Waals surface area contributed by atoms with Crippen molar-refractivity contribution in [2.45, 2.75) is 12.8 Å². The second-order valence-corrected chi connectivity index (χ2v) is 5.21. The van der Waals surface area contributed by atoms with E-state index in [0.29, 0.717) is 6.54 Å². The van der Waals surface area contributed by atoms with Crippen molar-refractivity contribution < 1.29 is 9.90 Å². The topological polar surface area (TPSA) is 91.2 Å². The summed E-state index contributed by atoms with van der Waals surface area (Å²) in [4.78, 5) is 26.7. The van der Waals surface area contributed by atoms with E-state index in [4.69, 9.17) is 0 Å². The smallest absolute Gasteiger partial charge is 0.230 e. The van der Waals surface area contributed by atoms with Crippen molar-refractivity contribution in [1.82, 2.24) is 15.0 Å². The Morgan fingerprint density at radius 3 is 3.00 bits per heavy atom. The van der Waals surface area contributed by atoms with Crippen LogP contribution in [-0.4, -0.2) is 39.1 Å². The Morgan fingerprint density at radius 2 is 2.23 bits per heavy atom. The maximum atomic E-state index is 12.4. The van der Waals surface area contributed by atoms with E-state index in [1.54, 1.807) is 24.7 Å². The average Bonchev–Trinajstić information content (AvgIpc) is 2.58. The summed E-state index contributed by atoms with van der Waals surface area (Å²) < 4.78 is 0. The molecule has 114 valence electrons. The predicted octanol–water partition coefficient (Wildman–Crippen LogP) is 1.43. The second-order valence-electron chi connectivity index (χ2n) is 5.21. The van der Waals surface area contributed by atoms with Gasteiger partial charge in [-0.2, -0.15) is 0 Å². The van der Waals surface area contributed by atoms with Gasteiger partial charge in [-0.15, -0.1) is 0 Å². The number of rotatable bonds is 3. The van der Waals surface area contributed by atoms with Crippen LogP contribution in [0.15, 0.2) is 36.9 Å². The molecule has 1 fully saturated rings. The van der Waals surface area contributed by atoms with Gasteiger partial charge in [0.1, 0.15) is 5.82 Å². The molecule has 7 nitrogen and oxygen atoms in total. The van der Waals surface area contributed by atoms with Crippen LogP contribution in [0.2, 0.25) is 0 Å². The van der Waals surface area contributed by atoms with Crippen molar-refractivity contribution >= 4 is 17.5 Å². The number of carbonyl (C=O) groups is 1. The summed E-state index contributed by atoms with van der Waals surface area (Å²) in [7, 11) is 0. The minimum atomic E-state index is -0.169. The van der Waals surface area contributed by atoms with Crippen LogP contribution in [0.3, 0.4) is 0 Å². The Balaban J connectivity index is 1.67. The van der Waals surface area contributed by atoms with Crippen LogP contribution in [-0.2, 0) is 4.79 Å². The first kappa shape index (κ1) is 14.2. The van der Waals surface area contributed by atoms with Gasteiger partial charge in [-0.1, -0.05) is 0 Å². The summed E-state index contributed by atoms with van der Waals surface area (Å²) >= 11 is 0. The SMILES string of the molecule is O=C(Nc1ncccc1O)C1CCCN(c2cnccn2)C1. The van der Waals surface area contributed by atoms with Gasteiger partial charge in [0.05, 0.1) is 12.1 Å². The first-order valence-electron chi connectivity index (χ1n) is 7.20. The van der Waals surface area contributed by atoms with Gasteiger partial charge in [-0.3, -0.25) is 9.78 Å². The first-order valence-corrected chi connectivity index (χ1v) is 7.20. The minimum absolute atomic E-state index is 0.0301. The Labute approximate surface area is 128 Å². The Kier molecular flexibility index (Phi) is 4.13. The van der Waals surface area contributed by atoms with E-state index in [1.165, 1.54) is 12.3 Å². The molecule has 1 aliphatic rings. The van der Waals surface area contributed by atoms with E-state index in [-0.39, 0.29) is 23.4 Å². The first-order chi connectivity index (χ1) is 10.7. The largest absolute Gasteiger partial charge is 0.504 e. The molecule has 1 amide bonds. The van der Waals surface area contributed by atoms with Crippen molar-refractivity contribution in [3.8, 4) is 5.75 Å². The van der Waals surface area contributed by atoms with Gasteiger partial charge in [0, 0.05) is 31.7 Å². The fraction of sp³-hybridized carbons (Fsp3) is 0.333. The Hall–Kier alpha value is -2.70. The maximum absolute atomic E-state index is 12.4. The number of aromatic hydroxyl groups is 1. The van der Waals surface area contributed by atoms with Gasteiger partial charge in [0.2, 0.25) is 5.91 Å². The lowest BCUT2D eigenvalue weighted by molar-refractivity contribution is -0.120. The van der Waals surface area contributed by atoms with Crippen molar-refractivity contribution in [1.29, 1.82) is 0 Å². The van der Waals surface area contributed by atoms with Gasteiger partial charge in [0.15, 0.2) is 11.6 Å². The molecule has 0 aliphatic carbocycles. The number of nitrogens with one attached hydrogen (secondary N) is 1. The average molecular weight is 299 g/mol. The zero-order chi connectivity index (χ0) is 15.4. The van der Waals surface area contributed by atoms with Crippen LogP contribution in [0.5, 0.6) is 5.75 Å². The van der Waals surface area contributed by atoms with E-state index in [1.807, 2.05) is 0 Å². The Bertz CT molecular complexity index is 649. The molecule has 1 saturated heterocycles. The summed E-state index contributed by atoms with van der Waals surface area (Å²) in [6.45, 7) is 1.44. The molecule has 3 rings (SSSR count). The molecule has 1 unspecified atom stereocenters. The van der Waals surface area contributed by atoms with Crippen molar-refractivity contribution in [2.24, 2.45) is 5.92 Å². The highest BCUT2D eigenvalue weighted by Crippen LogP contribution is 2.24. The van der Waals surface area contributed by atoms with Gasteiger partial charge in [-0.05, 0) is 25.0 Å². The summed E-state index contributed by atoms with van der Waals surface area (Å²) in [5.74, 6) is 0.641. The van der Waals surface area contributed by atoms with E-state index < -0.39 is 0 Å². The predicted molar refractivity (Wildman–Crippen MR) is 81.5 cm³/mol. The van der Waals surface area contributed by atoms with Crippen molar-refractivity contribution in [3.05, 3.63) is 36.9 Å². The number of anilines is 2. The number of amides is 1. The molecule has 2 N–H and O–H groups in total. The van der Waals surface area contributed by atoms with Gasteiger partial charge < -0.3 is 15.3 Å². The molecule has 0 spiro atoms. The minimum Gasteiger partial charge on any atom is -0.504 e. The molecule has 2 aromatic rings. The van der Waals surface area contributed by atoms with Gasteiger partial charge in [0.25, 0.3) is 0 Å². The molecule has 1 aliphatic heterocycles. The van der Waals surface area contributed by atoms with Crippen LogP contribution in [0.25, 0.3) is 0 Å². The third kappa shape index (κ3) is 3.13. The molecular formula is C15H17N5O2. The maximum Gasteiger partial charge on any atom is 0.230 e. The lowest BCUT2D eigenvalue weighted by atomic mass is 9.97. The molecule has 7 heteroatoms. The molecule has 1 atom stereocenters. The van der Waals surface area contributed by atoms with E-state index >= 15 is 0 Å². The number of nitrogens with zero attached hydrogens (tertiary/aromatic N) is 4. The van der Waals surface area contributed by atoms with Crippen molar-refractivity contribution in [2.75, 3.05) is 23.3 Å². The third-order valence-electron chi connectivity index (χ3n) is 3.69. The quantitative estimate of drug-likeness (QED) is 0.891. The summed E-state index contributed by atoms with van der Waals surface area (Å²) in [5, 5.41) is 12.4. The lowest BCUT2D eigenvalue weighted by Gasteiger charge is -2.32. The highest BCUT2D eigenvalue weighted by atomic mass is 16.3. The number of hydrogen-bond acceptors (Lipinski definition) is 6. The number of carbonyl (C=O) groups excluding carboxylic acids is 1. The third-order valence-corrected chi connectivity index (χ3v) is 3.69. The molecule has 3 heterocycles. The van der Waals surface area contributed by atoms with Crippen LogP contribution in [0.4, 0.5) is 11.6 Å². The molecule has 0 aromatic carbocycles. The molecule has 2 aromatic heterocycles. The number of hydrogen-bond donors (Lipinski definition) is 2. The standard InChI is InChI=1S/C15H17N5O2/c21-12-4-1-5-18-14(12)19-15(22)11-3-2-8-20(10-11)13-9-16-6-7-17-13/h1,4-7,9,11,21H,2-3,8,10H2,(H,18,19,22). The van der Waals surface area contributed by atoms with Gasteiger partial charge in [-0.25, -0.2) is 9.97 Å². The fourth-order valence-corrected chi connectivity index (χ4v) is 2.57. The van der Waals surface area contributed by atoms with Crippen molar-refractivity contribution in [3.63, 3.8) is 0 Å². The zero-order valence-corrected chi connectivity index (χ0v) is 12.0. The normalized spacial score (nSPS) is 18.0. The number of pyridine rings is 1. The Morgan fingerprint density at radius 1 is 1.32 bits per heavy atom. The molecule has 0 bridgehead atoms. The summed E-state index contributed by atoms with van der Waals surface area (Å²) in [6, 6.07) is 3.11. The molecule has 22 heavy (non-hydrogen) atoms. The molecule has 0 saturated carbocycles. The highest BCUT2D eigenvalue weighted by Gasteiger charge is 2.27. The van der Waals surface area contributed by atoms with Crippen LogP contribution in [0, 0.1) is 5.92 Å². The second kappa shape index (κ2) is 6.38. The monoisotopic (exact) mass is 299 g/mol. The fourth-order valence-electron chi connectivity index (χ4n) is 2.57. The number of aromatic nitrogens is 3. The lowest BCUT2D eigenvalue weighted by Crippen LogP contribution is -2.41. The van der Waals surface area contributed by atoms with E-state index in [2.05, 4.69) is 25.2 Å². The number of piperidine rings is 1. The van der Waals surface area contributed by atoms with E-state index in [9.17, 15) is 9.90 Å². The highest BCUT2D eigenvalue weighted by molar-refractivity contribution is 5.93. The zero-order valence-electron chi connectivity index (χ0n) is 12.0.